The molecule has 0 nitrogen and oxygen atoms in total. The van der Waals surface area contributed by atoms with E-state index in [1.54, 1.807) is 0 Å². The fourth-order valence-electron chi connectivity index (χ4n) is 4.89. The maximum atomic E-state index is 14.4. The van der Waals surface area contributed by atoms with Crippen molar-refractivity contribution in [1.82, 2.24) is 0 Å². The molecule has 0 atom stereocenters. The third kappa shape index (κ3) is 4.62. The zero-order valence-electron chi connectivity index (χ0n) is 15.3. The summed E-state index contributed by atoms with van der Waals surface area (Å²) in [7, 11) is 0. The average Bonchev–Trinajstić information content (AvgIpc) is 2.59. The Balaban J connectivity index is 1.46. The van der Waals surface area contributed by atoms with Crippen molar-refractivity contribution in [3.63, 3.8) is 0 Å². The molecule has 0 saturated heterocycles. The standard InChI is InChI=1S/C22H32BrF/c1-15-3-5-17(6-4-15)13-18-7-9-19(10-8-18)14-20-11-12-21(23)16(2)22(20)24/h11-12,15,17-19H,3-10,13-14H2,1-2H3. The number of rotatable bonds is 4. The molecule has 0 aromatic heterocycles. The monoisotopic (exact) mass is 394 g/mol. The lowest BCUT2D eigenvalue weighted by atomic mass is 9.72. The van der Waals surface area contributed by atoms with Gasteiger partial charge in [0, 0.05) is 4.47 Å². The first-order chi connectivity index (χ1) is 11.5. The zero-order chi connectivity index (χ0) is 17.1. The summed E-state index contributed by atoms with van der Waals surface area (Å²) in [6.45, 7) is 4.27. The second-order valence-electron chi connectivity index (χ2n) is 8.60. The van der Waals surface area contributed by atoms with E-state index in [2.05, 4.69) is 22.9 Å². The molecule has 2 aliphatic carbocycles. The van der Waals surface area contributed by atoms with Crippen molar-refractivity contribution in [1.29, 1.82) is 0 Å². The van der Waals surface area contributed by atoms with Gasteiger partial charge in [-0.1, -0.05) is 67.4 Å². The first-order valence-electron chi connectivity index (χ1n) is 9.96. The highest BCUT2D eigenvalue weighted by atomic mass is 79.9. The van der Waals surface area contributed by atoms with E-state index in [1.165, 1.54) is 57.8 Å². The number of benzene rings is 1. The molecular weight excluding hydrogens is 363 g/mol. The minimum atomic E-state index is 0.00261. The van der Waals surface area contributed by atoms with Gasteiger partial charge in [-0.15, -0.1) is 0 Å². The summed E-state index contributed by atoms with van der Waals surface area (Å²) in [4.78, 5) is 0. The van der Waals surface area contributed by atoms with E-state index in [-0.39, 0.29) is 5.82 Å². The molecule has 24 heavy (non-hydrogen) atoms. The summed E-state index contributed by atoms with van der Waals surface area (Å²) in [5.74, 6) is 3.58. The van der Waals surface area contributed by atoms with Crippen LogP contribution in [-0.4, -0.2) is 0 Å². The van der Waals surface area contributed by atoms with Gasteiger partial charge in [0.1, 0.15) is 5.82 Å². The lowest BCUT2D eigenvalue weighted by Crippen LogP contribution is -2.21. The van der Waals surface area contributed by atoms with E-state index in [0.29, 0.717) is 5.92 Å². The molecule has 0 aliphatic heterocycles. The molecule has 0 spiro atoms. The molecule has 1 aromatic rings. The van der Waals surface area contributed by atoms with Crippen molar-refractivity contribution in [2.45, 2.75) is 78.1 Å². The van der Waals surface area contributed by atoms with Gasteiger partial charge in [-0.2, -0.15) is 0 Å². The van der Waals surface area contributed by atoms with Crippen LogP contribution in [0.5, 0.6) is 0 Å². The largest absolute Gasteiger partial charge is 0.206 e. The Labute approximate surface area is 155 Å². The van der Waals surface area contributed by atoms with Crippen LogP contribution < -0.4 is 0 Å². The van der Waals surface area contributed by atoms with Gasteiger partial charge in [-0.3, -0.25) is 0 Å². The van der Waals surface area contributed by atoms with Gasteiger partial charge in [-0.05, 0) is 73.5 Å². The Morgan fingerprint density at radius 3 is 2.08 bits per heavy atom. The number of halogens is 2. The number of hydrogen-bond acceptors (Lipinski definition) is 0. The number of hydrogen-bond donors (Lipinski definition) is 0. The Morgan fingerprint density at radius 2 is 1.46 bits per heavy atom. The Hall–Kier alpha value is -0.370. The van der Waals surface area contributed by atoms with Crippen molar-refractivity contribution >= 4 is 15.9 Å². The normalized spacial score (nSPS) is 31.2. The predicted molar refractivity (Wildman–Crippen MR) is 104 cm³/mol. The van der Waals surface area contributed by atoms with Crippen LogP contribution in [0.1, 0.15) is 75.8 Å². The second kappa shape index (κ2) is 8.34. The summed E-state index contributed by atoms with van der Waals surface area (Å²) in [6.07, 6.45) is 13.5. The van der Waals surface area contributed by atoms with E-state index < -0.39 is 0 Å². The fraction of sp³-hybridized carbons (Fsp3) is 0.727. The van der Waals surface area contributed by atoms with E-state index in [0.717, 1.165) is 39.8 Å². The first-order valence-corrected chi connectivity index (χ1v) is 10.8. The van der Waals surface area contributed by atoms with Gasteiger partial charge in [0.2, 0.25) is 0 Å². The van der Waals surface area contributed by atoms with Gasteiger partial charge < -0.3 is 0 Å². The molecule has 0 radical (unpaired) electrons. The molecular formula is C22H32BrF. The molecule has 0 heterocycles. The Morgan fingerprint density at radius 1 is 0.917 bits per heavy atom. The van der Waals surface area contributed by atoms with Crippen LogP contribution >= 0.6 is 15.9 Å². The van der Waals surface area contributed by atoms with Gasteiger partial charge in [-0.25, -0.2) is 4.39 Å². The molecule has 3 rings (SSSR count). The van der Waals surface area contributed by atoms with Crippen molar-refractivity contribution in [2.24, 2.45) is 23.7 Å². The van der Waals surface area contributed by atoms with Gasteiger partial charge >= 0.3 is 0 Å². The second-order valence-corrected chi connectivity index (χ2v) is 9.45. The highest BCUT2D eigenvalue weighted by molar-refractivity contribution is 9.10. The van der Waals surface area contributed by atoms with Gasteiger partial charge in [0.25, 0.3) is 0 Å². The molecule has 0 amide bonds. The van der Waals surface area contributed by atoms with Gasteiger partial charge in [0.05, 0.1) is 0 Å². The van der Waals surface area contributed by atoms with Crippen LogP contribution in [0.15, 0.2) is 16.6 Å². The van der Waals surface area contributed by atoms with Crippen LogP contribution in [0.2, 0.25) is 0 Å². The summed E-state index contributed by atoms with van der Waals surface area (Å²) in [6, 6.07) is 3.98. The fourth-order valence-corrected chi connectivity index (χ4v) is 5.20. The molecule has 2 saturated carbocycles. The summed E-state index contributed by atoms with van der Waals surface area (Å²) in [5, 5.41) is 0. The van der Waals surface area contributed by atoms with E-state index in [1.807, 2.05) is 19.1 Å². The van der Waals surface area contributed by atoms with Crippen molar-refractivity contribution < 1.29 is 4.39 Å². The van der Waals surface area contributed by atoms with Crippen molar-refractivity contribution in [3.05, 3.63) is 33.5 Å². The van der Waals surface area contributed by atoms with E-state index in [4.69, 9.17) is 0 Å². The van der Waals surface area contributed by atoms with Crippen molar-refractivity contribution in [3.8, 4) is 0 Å². The average molecular weight is 395 g/mol. The SMILES string of the molecule is Cc1c(Br)ccc(CC2CCC(CC3CCC(C)CC3)CC2)c1F. The molecule has 134 valence electrons. The third-order valence-corrected chi connectivity index (χ3v) is 7.54. The minimum Gasteiger partial charge on any atom is -0.206 e. The Kier molecular flexibility index (Phi) is 6.40. The predicted octanol–water partition coefficient (Wildman–Crippen LogP) is 7.46. The van der Waals surface area contributed by atoms with Crippen LogP contribution in [0.4, 0.5) is 4.39 Å². The maximum Gasteiger partial charge on any atom is 0.130 e. The highest BCUT2D eigenvalue weighted by Gasteiger charge is 2.26. The molecule has 0 bridgehead atoms. The van der Waals surface area contributed by atoms with Crippen LogP contribution in [0.3, 0.4) is 0 Å². The smallest absolute Gasteiger partial charge is 0.130 e. The lowest BCUT2D eigenvalue weighted by molar-refractivity contribution is 0.195. The van der Waals surface area contributed by atoms with Crippen LogP contribution in [0.25, 0.3) is 0 Å². The molecule has 1 aromatic carbocycles. The van der Waals surface area contributed by atoms with Gasteiger partial charge in [0.15, 0.2) is 0 Å². The summed E-state index contributed by atoms with van der Waals surface area (Å²) in [5.41, 5.74) is 1.67. The topological polar surface area (TPSA) is 0 Å². The van der Waals surface area contributed by atoms with Crippen LogP contribution in [-0.2, 0) is 6.42 Å². The van der Waals surface area contributed by atoms with E-state index >= 15 is 0 Å². The zero-order valence-corrected chi connectivity index (χ0v) is 16.9. The Bertz CT molecular complexity index is 537. The molecule has 2 fully saturated rings. The van der Waals surface area contributed by atoms with Crippen molar-refractivity contribution in [2.75, 3.05) is 0 Å². The van der Waals surface area contributed by atoms with E-state index in [9.17, 15) is 4.39 Å². The molecule has 2 heteroatoms. The third-order valence-electron chi connectivity index (χ3n) is 6.68. The molecule has 2 aliphatic rings. The minimum absolute atomic E-state index is 0.00261. The summed E-state index contributed by atoms with van der Waals surface area (Å²) < 4.78 is 15.3. The first kappa shape index (κ1) is 18.4. The molecule has 0 N–H and O–H groups in total. The highest BCUT2D eigenvalue weighted by Crippen LogP contribution is 2.39. The lowest BCUT2D eigenvalue weighted by Gasteiger charge is -2.33. The van der Waals surface area contributed by atoms with Crippen LogP contribution in [0, 0.1) is 36.4 Å². The quantitative estimate of drug-likeness (QED) is 0.496. The maximum absolute atomic E-state index is 14.4. The summed E-state index contributed by atoms with van der Waals surface area (Å²) >= 11 is 3.42. The molecule has 0 unspecified atom stereocenters.